The molecule has 0 amide bonds. The Balaban J connectivity index is 2.14. The predicted molar refractivity (Wildman–Crippen MR) is 127 cm³/mol. The van der Waals surface area contributed by atoms with Crippen molar-refractivity contribution in [3.05, 3.63) is 28.6 Å². The van der Waals surface area contributed by atoms with Crippen molar-refractivity contribution in [3.63, 3.8) is 0 Å². The number of H-pyrrole nitrogens is 1. The van der Waals surface area contributed by atoms with Gasteiger partial charge in [-0.15, -0.1) is 0 Å². The highest BCUT2D eigenvalue weighted by Crippen LogP contribution is 2.33. The molecule has 0 saturated heterocycles. The molecule has 0 saturated carbocycles. The molecule has 0 bridgehead atoms. The van der Waals surface area contributed by atoms with Crippen LogP contribution in [0.5, 0.6) is 11.5 Å². The summed E-state index contributed by atoms with van der Waals surface area (Å²) in [6, 6.07) is 5.98. The summed E-state index contributed by atoms with van der Waals surface area (Å²) in [7, 11) is 0. The second-order valence-corrected chi connectivity index (χ2v) is 7.93. The van der Waals surface area contributed by atoms with Gasteiger partial charge in [-0.1, -0.05) is 65.2 Å². The van der Waals surface area contributed by atoms with E-state index in [0.717, 1.165) is 48.8 Å². The van der Waals surface area contributed by atoms with Crippen molar-refractivity contribution in [2.24, 2.45) is 0 Å². The van der Waals surface area contributed by atoms with Crippen LogP contribution in [0.15, 0.2) is 23.0 Å². The summed E-state index contributed by atoms with van der Waals surface area (Å²) in [6.07, 6.45) is 11.6. The molecule has 5 heteroatoms. The van der Waals surface area contributed by atoms with E-state index in [4.69, 9.17) is 9.47 Å². The molecule has 0 unspecified atom stereocenters. The van der Waals surface area contributed by atoms with Crippen LogP contribution in [0.25, 0.3) is 10.9 Å². The van der Waals surface area contributed by atoms with E-state index in [1.54, 1.807) is 0 Å². The zero-order chi connectivity index (χ0) is 21.6. The molecule has 0 aliphatic carbocycles. The number of aromatic amines is 1. The highest BCUT2D eigenvalue weighted by molar-refractivity contribution is 5.89. The van der Waals surface area contributed by atoms with Crippen molar-refractivity contribution in [3.8, 4) is 11.5 Å². The van der Waals surface area contributed by atoms with Crippen LogP contribution in [0, 0.1) is 0 Å². The molecule has 5 nitrogen and oxygen atoms in total. The summed E-state index contributed by atoms with van der Waals surface area (Å²) in [4.78, 5) is 15.8. The third kappa shape index (κ3) is 7.58. The van der Waals surface area contributed by atoms with E-state index in [1.807, 2.05) is 18.2 Å². The number of anilines is 1. The van der Waals surface area contributed by atoms with Crippen LogP contribution in [0.2, 0.25) is 0 Å². The fraction of sp³-hybridized carbons (Fsp3) is 0.640. The Hall–Kier alpha value is -2.17. The fourth-order valence-corrected chi connectivity index (χ4v) is 3.60. The maximum atomic E-state index is 12.8. The van der Waals surface area contributed by atoms with Gasteiger partial charge in [-0.25, -0.2) is 0 Å². The van der Waals surface area contributed by atoms with Gasteiger partial charge < -0.3 is 19.8 Å². The number of ether oxygens (including phenoxy) is 2. The van der Waals surface area contributed by atoms with Crippen molar-refractivity contribution < 1.29 is 9.47 Å². The van der Waals surface area contributed by atoms with E-state index >= 15 is 0 Å². The zero-order valence-electron chi connectivity index (χ0n) is 19.1. The van der Waals surface area contributed by atoms with Crippen LogP contribution >= 0.6 is 0 Å². The Morgan fingerprint density at radius 2 is 1.40 bits per heavy atom. The number of pyridine rings is 1. The SMILES string of the molecule is CCCCCCCCOc1c(OCCCCCC)c2ccc(NCC)cc2[nH]c1=O. The van der Waals surface area contributed by atoms with Crippen LogP contribution in [0.4, 0.5) is 5.69 Å². The van der Waals surface area contributed by atoms with Gasteiger partial charge in [-0.3, -0.25) is 4.79 Å². The monoisotopic (exact) mass is 416 g/mol. The molecule has 2 rings (SSSR count). The number of aromatic nitrogens is 1. The third-order valence-electron chi connectivity index (χ3n) is 5.29. The van der Waals surface area contributed by atoms with Gasteiger partial charge >= 0.3 is 0 Å². The molecule has 0 aliphatic rings. The Bertz CT molecular complexity index is 801. The molecular weight excluding hydrogens is 376 g/mol. The Labute approximate surface area is 181 Å². The number of hydrogen-bond donors (Lipinski definition) is 2. The lowest BCUT2D eigenvalue weighted by Crippen LogP contribution is -2.15. The minimum atomic E-state index is -0.217. The van der Waals surface area contributed by atoms with E-state index < -0.39 is 0 Å². The van der Waals surface area contributed by atoms with Crippen LogP contribution < -0.4 is 20.3 Å². The molecule has 0 atom stereocenters. The fourth-order valence-electron chi connectivity index (χ4n) is 3.60. The lowest BCUT2D eigenvalue weighted by atomic mass is 10.1. The number of fused-ring (bicyclic) bond motifs is 1. The maximum Gasteiger partial charge on any atom is 0.294 e. The van der Waals surface area contributed by atoms with Crippen molar-refractivity contribution in [2.75, 3.05) is 25.1 Å². The summed E-state index contributed by atoms with van der Waals surface area (Å²) in [5.74, 6) is 0.905. The first-order valence-corrected chi connectivity index (χ1v) is 11.9. The molecule has 0 spiro atoms. The van der Waals surface area contributed by atoms with Gasteiger partial charge in [0.25, 0.3) is 5.56 Å². The summed E-state index contributed by atoms with van der Waals surface area (Å²) < 4.78 is 12.1. The number of rotatable bonds is 16. The van der Waals surface area contributed by atoms with Gasteiger partial charge in [0, 0.05) is 17.6 Å². The summed E-state index contributed by atoms with van der Waals surface area (Å²) in [5, 5.41) is 4.18. The minimum Gasteiger partial charge on any atom is -0.489 e. The number of hydrogen-bond acceptors (Lipinski definition) is 4. The molecule has 0 aliphatic heterocycles. The van der Waals surface area contributed by atoms with Gasteiger partial charge in [0.05, 0.1) is 18.7 Å². The molecule has 168 valence electrons. The van der Waals surface area contributed by atoms with Gasteiger partial charge in [-0.05, 0) is 38.0 Å². The van der Waals surface area contributed by atoms with Crippen LogP contribution in [-0.2, 0) is 0 Å². The normalized spacial score (nSPS) is 11.0. The first-order valence-electron chi connectivity index (χ1n) is 11.9. The van der Waals surface area contributed by atoms with E-state index in [2.05, 4.69) is 31.1 Å². The zero-order valence-corrected chi connectivity index (χ0v) is 19.1. The van der Waals surface area contributed by atoms with Gasteiger partial charge in [0.1, 0.15) is 0 Å². The second-order valence-electron chi connectivity index (χ2n) is 7.93. The van der Waals surface area contributed by atoms with Crippen LogP contribution in [-0.4, -0.2) is 24.7 Å². The topological polar surface area (TPSA) is 63.4 Å². The summed E-state index contributed by atoms with van der Waals surface area (Å²) in [5.41, 5.74) is 1.54. The minimum absolute atomic E-state index is 0.217. The van der Waals surface area contributed by atoms with E-state index in [1.165, 1.54) is 38.5 Å². The first-order chi connectivity index (χ1) is 14.7. The average Bonchev–Trinajstić information content (AvgIpc) is 2.74. The maximum absolute atomic E-state index is 12.8. The quantitative estimate of drug-likeness (QED) is 0.300. The Kier molecular flexibility index (Phi) is 11.2. The molecule has 0 fully saturated rings. The smallest absolute Gasteiger partial charge is 0.294 e. The first kappa shape index (κ1) is 24.1. The van der Waals surface area contributed by atoms with Gasteiger partial charge in [0.15, 0.2) is 5.75 Å². The molecule has 0 radical (unpaired) electrons. The van der Waals surface area contributed by atoms with Gasteiger partial charge in [0.2, 0.25) is 5.75 Å². The van der Waals surface area contributed by atoms with Crippen molar-refractivity contribution in [1.29, 1.82) is 0 Å². The molecule has 30 heavy (non-hydrogen) atoms. The van der Waals surface area contributed by atoms with Crippen LogP contribution in [0.1, 0.15) is 85.0 Å². The number of unbranched alkanes of at least 4 members (excludes halogenated alkanes) is 8. The third-order valence-corrected chi connectivity index (χ3v) is 5.29. The summed E-state index contributed by atoms with van der Waals surface area (Å²) in [6.45, 7) is 8.44. The predicted octanol–water partition coefficient (Wildman–Crippen LogP) is 6.66. The lowest BCUT2D eigenvalue weighted by molar-refractivity contribution is 0.258. The van der Waals surface area contributed by atoms with Gasteiger partial charge in [-0.2, -0.15) is 0 Å². The van der Waals surface area contributed by atoms with Crippen molar-refractivity contribution in [1.82, 2.24) is 4.98 Å². The molecule has 2 N–H and O–H groups in total. The van der Waals surface area contributed by atoms with E-state index in [9.17, 15) is 4.79 Å². The average molecular weight is 417 g/mol. The van der Waals surface area contributed by atoms with Crippen LogP contribution in [0.3, 0.4) is 0 Å². The highest BCUT2D eigenvalue weighted by Gasteiger charge is 2.16. The largest absolute Gasteiger partial charge is 0.489 e. The Morgan fingerprint density at radius 1 is 0.800 bits per heavy atom. The lowest BCUT2D eigenvalue weighted by Gasteiger charge is -2.15. The van der Waals surface area contributed by atoms with Crippen molar-refractivity contribution in [2.45, 2.75) is 85.0 Å². The summed E-state index contributed by atoms with van der Waals surface area (Å²) >= 11 is 0. The van der Waals surface area contributed by atoms with E-state index in [-0.39, 0.29) is 5.56 Å². The van der Waals surface area contributed by atoms with Crippen molar-refractivity contribution >= 4 is 16.6 Å². The highest BCUT2D eigenvalue weighted by atomic mass is 16.5. The van der Waals surface area contributed by atoms with E-state index in [0.29, 0.717) is 24.7 Å². The Morgan fingerprint density at radius 3 is 2.07 bits per heavy atom. The molecular formula is C25H40N2O3. The molecule has 1 aromatic heterocycles. The standard InChI is InChI=1S/C25H40N2O3/c1-4-7-9-11-12-14-18-30-24-23(29-17-13-10-8-5-2)21-16-15-20(26-6-3)19-22(21)27-25(24)28/h15-16,19,26H,4-14,17-18H2,1-3H3,(H,27,28). The number of benzene rings is 1. The number of nitrogens with one attached hydrogen (secondary N) is 2. The molecule has 1 aromatic carbocycles. The molecule has 1 heterocycles. The molecule has 2 aromatic rings. The second kappa shape index (κ2) is 13.9.